The van der Waals surface area contributed by atoms with Crippen molar-refractivity contribution < 1.29 is 33.5 Å². The van der Waals surface area contributed by atoms with Gasteiger partial charge < -0.3 is 4.74 Å². The fourth-order valence-corrected chi connectivity index (χ4v) is 6.27. The standard InChI is InChI=1S/C23H27N3O7/c1-4-12-13-7-8-14-16(20(30)24(18(14)28)10-15(27)33-3)17(13)23(2)21(31)25(9-11-5-6-11)22(32)26(23)19(12)29/h11,14,16-17H,4-10H2,1-3H3/t14-,16-,17+,23+/m1/s1. The van der Waals surface area contributed by atoms with Crippen molar-refractivity contribution in [1.82, 2.24) is 14.7 Å². The van der Waals surface area contributed by atoms with E-state index in [0.717, 1.165) is 27.5 Å². The van der Waals surface area contributed by atoms with Crippen LogP contribution in [0, 0.1) is 23.7 Å². The molecular weight excluding hydrogens is 430 g/mol. The average molecular weight is 457 g/mol. The van der Waals surface area contributed by atoms with E-state index in [4.69, 9.17) is 0 Å². The van der Waals surface area contributed by atoms with Gasteiger partial charge in [0, 0.05) is 18.0 Å². The Morgan fingerprint density at radius 1 is 1.06 bits per heavy atom. The summed E-state index contributed by atoms with van der Waals surface area (Å²) in [5.74, 6) is -4.87. The summed E-state index contributed by atoms with van der Waals surface area (Å²) in [6.45, 7) is 3.13. The van der Waals surface area contributed by atoms with Crippen LogP contribution in [0.3, 0.4) is 0 Å². The molecule has 33 heavy (non-hydrogen) atoms. The minimum absolute atomic E-state index is 0.236. The fraction of sp³-hybridized carbons (Fsp3) is 0.652. The summed E-state index contributed by atoms with van der Waals surface area (Å²) < 4.78 is 4.64. The van der Waals surface area contributed by atoms with Crippen molar-refractivity contribution in [3.8, 4) is 0 Å². The van der Waals surface area contributed by atoms with Gasteiger partial charge in [0.15, 0.2) is 0 Å². The molecule has 5 aliphatic rings. The Morgan fingerprint density at radius 3 is 2.36 bits per heavy atom. The van der Waals surface area contributed by atoms with Gasteiger partial charge in [-0.1, -0.05) is 12.5 Å². The molecule has 0 radical (unpaired) electrons. The molecule has 6 amide bonds. The monoisotopic (exact) mass is 457 g/mol. The number of likely N-dealkylation sites (tertiary alicyclic amines) is 1. The Bertz CT molecular complexity index is 1040. The summed E-state index contributed by atoms with van der Waals surface area (Å²) in [5, 5.41) is 0. The summed E-state index contributed by atoms with van der Waals surface area (Å²) in [5.41, 5.74) is -0.438. The number of rotatable bonds is 5. The molecule has 3 aliphatic heterocycles. The van der Waals surface area contributed by atoms with Crippen molar-refractivity contribution in [2.75, 3.05) is 20.2 Å². The smallest absolute Gasteiger partial charge is 0.334 e. The minimum Gasteiger partial charge on any atom is -0.468 e. The number of urea groups is 1. The normalized spacial score (nSPS) is 33.6. The van der Waals surface area contributed by atoms with E-state index in [1.807, 2.05) is 6.92 Å². The van der Waals surface area contributed by atoms with Crippen LogP contribution in [-0.2, 0) is 28.7 Å². The van der Waals surface area contributed by atoms with Crippen molar-refractivity contribution in [2.24, 2.45) is 23.7 Å². The van der Waals surface area contributed by atoms with Crippen LogP contribution in [0.15, 0.2) is 11.1 Å². The van der Waals surface area contributed by atoms with Gasteiger partial charge in [-0.05, 0) is 44.9 Å². The average Bonchev–Trinajstić information content (AvgIpc) is 3.55. The Hall–Kier alpha value is -3.04. The van der Waals surface area contributed by atoms with Crippen LogP contribution in [0.25, 0.3) is 0 Å². The minimum atomic E-state index is -1.57. The van der Waals surface area contributed by atoms with E-state index in [1.54, 1.807) is 6.92 Å². The van der Waals surface area contributed by atoms with Crippen molar-refractivity contribution >= 4 is 35.6 Å². The van der Waals surface area contributed by atoms with Gasteiger partial charge in [0.2, 0.25) is 11.8 Å². The number of imide groups is 3. The van der Waals surface area contributed by atoms with Crippen molar-refractivity contribution in [3.63, 3.8) is 0 Å². The zero-order valence-corrected chi connectivity index (χ0v) is 19.0. The van der Waals surface area contributed by atoms with Gasteiger partial charge in [-0.3, -0.25) is 33.8 Å². The van der Waals surface area contributed by atoms with Crippen LogP contribution in [0.4, 0.5) is 4.79 Å². The maximum atomic E-state index is 13.7. The molecule has 4 fully saturated rings. The molecular formula is C23H27N3O7. The van der Waals surface area contributed by atoms with E-state index in [9.17, 15) is 28.8 Å². The van der Waals surface area contributed by atoms with Crippen LogP contribution >= 0.6 is 0 Å². The predicted octanol–water partition coefficient (Wildman–Crippen LogP) is 0.850. The van der Waals surface area contributed by atoms with E-state index >= 15 is 0 Å². The highest BCUT2D eigenvalue weighted by Gasteiger charge is 2.70. The van der Waals surface area contributed by atoms with E-state index in [2.05, 4.69) is 4.74 Å². The summed E-state index contributed by atoms with van der Waals surface area (Å²) in [4.78, 5) is 82.0. The molecule has 0 aromatic carbocycles. The lowest BCUT2D eigenvalue weighted by atomic mass is 9.59. The Balaban J connectivity index is 1.62. The van der Waals surface area contributed by atoms with Crippen LogP contribution in [0.5, 0.6) is 0 Å². The molecule has 0 aromatic rings. The second-order valence-electron chi connectivity index (χ2n) is 9.77. The third-order valence-electron chi connectivity index (χ3n) is 8.05. The topological polar surface area (TPSA) is 121 Å². The zero-order valence-electron chi connectivity index (χ0n) is 19.0. The first-order valence-electron chi connectivity index (χ1n) is 11.5. The lowest BCUT2D eigenvalue weighted by Crippen LogP contribution is -2.63. The number of carbonyl (C=O) groups is 6. The fourth-order valence-electron chi connectivity index (χ4n) is 6.27. The molecule has 0 bridgehead atoms. The molecule has 10 heteroatoms. The van der Waals surface area contributed by atoms with Crippen LogP contribution in [0.2, 0.25) is 0 Å². The molecule has 2 saturated heterocycles. The maximum absolute atomic E-state index is 13.7. The SMILES string of the molecule is CCC1=C2CC[C@H]3C(=O)N(CC(=O)OC)C(=O)[C@H]3[C@H]2[C@@]2(C)C(=O)N(CC3CC3)C(=O)N2C1=O. The second-order valence-corrected chi connectivity index (χ2v) is 9.77. The van der Waals surface area contributed by atoms with Gasteiger partial charge in [-0.15, -0.1) is 0 Å². The molecule has 2 aliphatic carbocycles. The van der Waals surface area contributed by atoms with Gasteiger partial charge in [-0.25, -0.2) is 9.69 Å². The lowest BCUT2D eigenvalue weighted by Gasteiger charge is -2.48. The number of methoxy groups -OCH3 is 1. The molecule has 0 aromatic heterocycles. The number of carbonyl (C=O) groups excluding carboxylic acids is 6. The first-order chi connectivity index (χ1) is 15.7. The van der Waals surface area contributed by atoms with E-state index in [1.165, 1.54) is 7.11 Å². The number of ether oxygens (including phenoxy) is 1. The maximum Gasteiger partial charge on any atom is 0.334 e. The van der Waals surface area contributed by atoms with Crippen LogP contribution in [0.1, 0.15) is 46.0 Å². The van der Waals surface area contributed by atoms with Gasteiger partial charge >= 0.3 is 12.0 Å². The first kappa shape index (κ1) is 21.8. The third kappa shape index (κ3) is 2.78. The summed E-state index contributed by atoms with van der Waals surface area (Å²) in [6, 6.07) is -0.644. The Labute approximate surface area is 190 Å². The summed E-state index contributed by atoms with van der Waals surface area (Å²) in [7, 11) is 1.18. The quantitative estimate of drug-likeness (QED) is 0.341. The molecule has 10 nitrogen and oxygen atoms in total. The third-order valence-corrected chi connectivity index (χ3v) is 8.05. The molecule has 5 rings (SSSR count). The van der Waals surface area contributed by atoms with E-state index in [-0.39, 0.29) is 12.5 Å². The van der Waals surface area contributed by atoms with Crippen LogP contribution < -0.4 is 0 Å². The van der Waals surface area contributed by atoms with Crippen molar-refractivity contribution in [3.05, 3.63) is 11.1 Å². The van der Waals surface area contributed by atoms with Gasteiger partial charge in [0.05, 0.1) is 18.9 Å². The lowest BCUT2D eigenvalue weighted by molar-refractivity contribution is -0.152. The van der Waals surface area contributed by atoms with Crippen molar-refractivity contribution in [1.29, 1.82) is 0 Å². The Morgan fingerprint density at radius 2 is 1.76 bits per heavy atom. The van der Waals surface area contributed by atoms with Gasteiger partial charge in [0.1, 0.15) is 12.1 Å². The summed E-state index contributed by atoms with van der Waals surface area (Å²) in [6.07, 6.45) is 2.94. The molecule has 3 heterocycles. The number of hydrogen-bond acceptors (Lipinski definition) is 7. The molecule has 0 N–H and O–H groups in total. The van der Waals surface area contributed by atoms with Gasteiger partial charge in [0.25, 0.3) is 11.8 Å². The first-order valence-corrected chi connectivity index (χ1v) is 11.5. The second kappa shape index (κ2) is 7.23. The molecule has 0 spiro atoms. The van der Waals surface area contributed by atoms with Crippen molar-refractivity contribution in [2.45, 2.75) is 51.5 Å². The molecule has 2 saturated carbocycles. The van der Waals surface area contributed by atoms with Gasteiger partial charge in [-0.2, -0.15) is 0 Å². The highest BCUT2D eigenvalue weighted by Crippen LogP contribution is 2.56. The molecule has 176 valence electrons. The zero-order chi connectivity index (χ0) is 23.8. The number of esters is 1. The Kier molecular flexibility index (Phi) is 4.77. The summed E-state index contributed by atoms with van der Waals surface area (Å²) >= 11 is 0. The number of amides is 6. The number of hydrogen-bond donors (Lipinski definition) is 0. The number of nitrogens with zero attached hydrogens (tertiary/aromatic N) is 3. The van der Waals surface area contributed by atoms with Crippen LogP contribution in [-0.4, -0.2) is 76.1 Å². The largest absolute Gasteiger partial charge is 0.468 e. The molecule has 4 atom stereocenters. The van der Waals surface area contributed by atoms with E-state index in [0.29, 0.717) is 30.4 Å². The highest BCUT2D eigenvalue weighted by atomic mass is 16.5. The van der Waals surface area contributed by atoms with E-state index < -0.39 is 65.5 Å². The highest BCUT2D eigenvalue weighted by molar-refractivity contribution is 6.19. The predicted molar refractivity (Wildman–Crippen MR) is 111 cm³/mol. The number of fused-ring (bicyclic) bond motifs is 5. The molecule has 0 unspecified atom stereocenters.